The van der Waals surface area contributed by atoms with Crippen LogP contribution in [0, 0.1) is 22.6 Å². The zero-order chi connectivity index (χ0) is 14.4. The van der Waals surface area contributed by atoms with Gasteiger partial charge in [0.2, 0.25) is 0 Å². The summed E-state index contributed by atoms with van der Waals surface area (Å²) in [6.07, 6.45) is 5.15. The van der Waals surface area contributed by atoms with Crippen LogP contribution in [0.2, 0.25) is 0 Å². The largest absolute Gasteiger partial charge is 0.222 e. The van der Waals surface area contributed by atoms with Crippen LogP contribution in [0.15, 0.2) is 29.2 Å². The normalized spacial score (nSPS) is 23.2. The second-order valence-corrected chi connectivity index (χ2v) is 8.38. The predicted octanol–water partition coefficient (Wildman–Crippen LogP) is 3.22. The van der Waals surface area contributed by atoms with Crippen molar-refractivity contribution in [2.45, 2.75) is 48.2 Å². The molecule has 0 amide bonds. The topological polar surface area (TPSA) is 57.9 Å². The lowest BCUT2D eigenvalue weighted by molar-refractivity contribution is 0.113. The highest BCUT2D eigenvalue weighted by Gasteiger charge is 2.62. The van der Waals surface area contributed by atoms with E-state index in [1.165, 1.54) is 12.1 Å². The van der Waals surface area contributed by atoms with E-state index in [1.807, 2.05) is 6.07 Å². The van der Waals surface area contributed by atoms with Crippen LogP contribution >= 0.6 is 0 Å². The Morgan fingerprint density at radius 3 is 2.15 bits per heavy atom. The van der Waals surface area contributed by atoms with Crippen LogP contribution in [-0.4, -0.2) is 13.2 Å². The summed E-state index contributed by atoms with van der Waals surface area (Å²) in [4.78, 5) is 0.0493. The van der Waals surface area contributed by atoms with Crippen molar-refractivity contribution < 1.29 is 12.8 Å². The highest BCUT2D eigenvalue weighted by Crippen LogP contribution is 2.61. The summed E-state index contributed by atoms with van der Waals surface area (Å²) in [6, 6.07) is 6.80. The molecule has 106 valence electrons. The van der Waals surface area contributed by atoms with Crippen LogP contribution in [0.25, 0.3) is 0 Å². The Hall–Kier alpha value is -1.41. The van der Waals surface area contributed by atoms with Gasteiger partial charge in [0.1, 0.15) is 5.82 Å². The number of halogens is 1. The van der Waals surface area contributed by atoms with Gasteiger partial charge < -0.3 is 0 Å². The van der Waals surface area contributed by atoms with Crippen LogP contribution in [-0.2, 0) is 9.84 Å². The van der Waals surface area contributed by atoms with Crippen molar-refractivity contribution in [2.24, 2.45) is 5.41 Å². The van der Waals surface area contributed by atoms with Crippen LogP contribution in [0.1, 0.15) is 38.5 Å². The molecule has 0 radical (unpaired) electrons. The molecule has 3 nitrogen and oxygen atoms in total. The standard InChI is InChI=1S/C15H16FNO2S/c16-12-3-5-13(6-4-12)20(18,19)15(11-17)9-14(10-15)7-1-2-8-14/h3-6H,1-2,7-10H2. The van der Waals surface area contributed by atoms with E-state index in [2.05, 4.69) is 0 Å². The first kappa shape index (κ1) is 13.6. The second kappa shape index (κ2) is 4.29. The molecule has 1 aromatic rings. The summed E-state index contributed by atoms with van der Waals surface area (Å²) >= 11 is 0. The second-order valence-electron chi connectivity index (χ2n) is 6.12. The van der Waals surface area contributed by atoms with Crippen LogP contribution in [0.3, 0.4) is 0 Å². The molecule has 1 aromatic carbocycles. The van der Waals surface area contributed by atoms with Crippen molar-refractivity contribution in [1.82, 2.24) is 0 Å². The van der Waals surface area contributed by atoms with Gasteiger partial charge >= 0.3 is 0 Å². The van der Waals surface area contributed by atoms with Gasteiger partial charge in [0, 0.05) is 0 Å². The average molecular weight is 293 g/mol. The number of hydrogen-bond donors (Lipinski definition) is 0. The van der Waals surface area contributed by atoms with E-state index < -0.39 is 20.4 Å². The third kappa shape index (κ3) is 1.78. The number of nitrogens with zero attached hydrogens (tertiary/aromatic N) is 1. The molecule has 3 rings (SSSR count). The third-order valence-electron chi connectivity index (χ3n) is 4.83. The van der Waals surface area contributed by atoms with Crippen molar-refractivity contribution in [3.8, 4) is 6.07 Å². The van der Waals surface area contributed by atoms with E-state index in [9.17, 15) is 18.1 Å². The van der Waals surface area contributed by atoms with Crippen molar-refractivity contribution in [3.05, 3.63) is 30.1 Å². The fraction of sp³-hybridized carbons (Fsp3) is 0.533. The lowest BCUT2D eigenvalue weighted by atomic mass is 9.61. The fourth-order valence-corrected chi connectivity index (χ4v) is 5.86. The lowest BCUT2D eigenvalue weighted by Crippen LogP contribution is -2.54. The van der Waals surface area contributed by atoms with Crippen molar-refractivity contribution in [1.29, 1.82) is 5.26 Å². The summed E-state index contributed by atoms with van der Waals surface area (Å²) in [6.45, 7) is 0. The molecule has 0 heterocycles. The minimum atomic E-state index is -3.72. The van der Waals surface area contributed by atoms with Gasteiger partial charge in [-0.15, -0.1) is 0 Å². The Morgan fingerprint density at radius 1 is 1.10 bits per heavy atom. The molecule has 0 unspecified atom stereocenters. The number of hydrogen-bond acceptors (Lipinski definition) is 3. The van der Waals surface area contributed by atoms with Crippen LogP contribution in [0.5, 0.6) is 0 Å². The Kier molecular flexibility index (Phi) is 2.91. The molecule has 0 saturated heterocycles. The number of rotatable bonds is 2. The third-order valence-corrected chi connectivity index (χ3v) is 7.13. The minimum Gasteiger partial charge on any atom is -0.222 e. The Bertz CT molecular complexity index is 659. The Balaban J connectivity index is 1.94. The molecule has 20 heavy (non-hydrogen) atoms. The molecule has 2 aliphatic carbocycles. The molecular weight excluding hydrogens is 277 g/mol. The van der Waals surface area contributed by atoms with Gasteiger partial charge in [-0.2, -0.15) is 5.26 Å². The first-order valence-corrected chi connectivity index (χ1v) is 8.33. The van der Waals surface area contributed by atoms with Gasteiger partial charge in [-0.3, -0.25) is 0 Å². The van der Waals surface area contributed by atoms with E-state index in [0.29, 0.717) is 12.8 Å². The molecule has 0 atom stereocenters. The highest BCUT2D eigenvalue weighted by atomic mass is 32.2. The first-order valence-electron chi connectivity index (χ1n) is 6.85. The van der Waals surface area contributed by atoms with E-state index in [0.717, 1.165) is 37.8 Å². The molecule has 2 aliphatic rings. The molecule has 0 aromatic heterocycles. The molecule has 1 spiro atoms. The maximum Gasteiger partial charge on any atom is 0.197 e. The minimum absolute atomic E-state index is 0.0493. The average Bonchev–Trinajstić information content (AvgIpc) is 2.86. The maximum atomic E-state index is 12.9. The SMILES string of the molecule is N#CC1(S(=O)(=O)c2ccc(F)cc2)CC2(CCCC2)C1. The molecule has 0 aliphatic heterocycles. The van der Waals surface area contributed by atoms with Gasteiger partial charge in [0.25, 0.3) is 0 Å². The van der Waals surface area contributed by atoms with Crippen LogP contribution in [0.4, 0.5) is 4.39 Å². The van der Waals surface area contributed by atoms with Gasteiger partial charge in [-0.05, 0) is 55.4 Å². The predicted molar refractivity (Wildman–Crippen MR) is 72.1 cm³/mol. The first-order chi connectivity index (χ1) is 9.43. The van der Waals surface area contributed by atoms with Crippen molar-refractivity contribution >= 4 is 9.84 Å². The van der Waals surface area contributed by atoms with Crippen molar-refractivity contribution in [3.63, 3.8) is 0 Å². The molecule has 2 fully saturated rings. The van der Waals surface area contributed by atoms with Gasteiger partial charge in [-0.1, -0.05) is 12.8 Å². The molecule has 2 saturated carbocycles. The number of nitriles is 1. The number of benzene rings is 1. The van der Waals surface area contributed by atoms with E-state index in [1.54, 1.807) is 0 Å². The summed E-state index contributed by atoms with van der Waals surface area (Å²) < 4.78 is 37.0. The quantitative estimate of drug-likeness (QED) is 0.787. The van der Waals surface area contributed by atoms with Crippen molar-refractivity contribution in [2.75, 3.05) is 0 Å². The van der Waals surface area contributed by atoms with E-state index in [-0.39, 0.29) is 10.3 Å². The van der Waals surface area contributed by atoms with Gasteiger partial charge in [0.15, 0.2) is 14.6 Å². The van der Waals surface area contributed by atoms with Gasteiger partial charge in [-0.25, -0.2) is 12.8 Å². The van der Waals surface area contributed by atoms with Gasteiger partial charge in [0.05, 0.1) is 11.0 Å². The Labute approximate surface area is 118 Å². The fourth-order valence-electron chi connectivity index (χ4n) is 3.81. The zero-order valence-corrected chi connectivity index (χ0v) is 11.9. The zero-order valence-electron chi connectivity index (χ0n) is 11.1. The molecule has 5 heteroatoms. The molecule has 0 N–H and O–H groups in total. The monoisotopic (exact) mass is 293 g/mol. The maximum absolute atomic E-state index is 12.9. The molecular formula is C15H16FNO2S. The van der Waals surface area contributed by atoms with Crippen LogP contribution < -0.4 is 0 Å². The lowest BCUT2D eigenvalue weighted by Gasteiger charge is -2.50. The van der Waals surface area contributed by atoms with E-state index in [4.69, 9.17) is 0 Å². The summed E-state index contributed by atoms with van der Waals surface area (Å²) in [5.41, 5.74) is 0.0584. The summed E-state index contributed by atoms with van der Waals surface area (Å²) in [5, 5.41) is 9.43. The van der Waals surface area contributed by atoms with E-state index >= 15 is 0 Å². The molecule has 0 bridgehead atoms. The highest BCUT2D eigenvalue weighted by molar-refractivity contribution is 7.93. The summed E-state index contributed by atoms with van der Waals surface area (Å²) in [7, 11) is -3.72. The number of sulfone groups is 1. The summed E-state index contributed by atoms with van der Waals surface area (Å²) in [5.74, 6) is -0.476. The smallest absolute Gasteiger partial charge is 0.197 e. The Morgan fingerprint density at radius 2 is 1.65 bits per heavy atom.